The fraction of sp³-hybridized carbons (Fsp3) is 0.320. The Hall–Kier alpha value is -3.14. The van der Waals surface area contributed by atoms with Crippen LogP contribution < -0.4 is 9.47 Å². The maximum Gasteiger partial charge on any atom is 0.330 e. The number of carbonyl (C=O) groups is 1. The van der Waals surface area contributed by atoms with E-state index in [1.165, 1.54) is 43.9 Å². The Morgan fingerprint density at radius 1 is 0.941 bits per heavy atom. The molecule has 1 heterocycles. The number of methoxy groups -OCH3 is 3. The van der Waals surface area contributed by atoms with E-state index in [2.05, 4.69) is 21.8 Å². The minimum Gasteiger partial charge on any atom is -0.493 e. The van der Waals surface area contributed by atoms with Gasteiger partial charge in [0.2, 0.25) is 10.0 Å². The molecule has 1 aliphatic heterocycles. The Morgan fingerprint density at radius 3 is 2.26 bits per heavy atom. The summed E-state index contributed by atoms with van der Waals surface area (Å²) in [5.74, 6) is -0.152. The number of esters is 1. The third-order valence-electron chi connectivity index (χ3n) is 5.50. The number of carbonyl (C=O) groups excluding carboxylic acids is 1. The highest BCUT2D eigenvalue weighted by molar-refractivity contribution is 7.89. The van der Waals surface area contributed by atoms with Crippen molar-refractivity contribution in [2.75, 3.05) is 54.1 Å². The summed E-state index contributed by atoms with van der Waals surface area (Å²) in [5, 5.41) is 0. The van der Waals surface area contributed by atoms with Gasteiger partial charge in [0.05, 0.1) is 21.3 Å². The maximum absolute atomic E-state index is 13.5. The number of nitrogens with zero attached hydrogens (tertiary/aromatic N) is 2. The van der Waals surface area contributed by atoms with E-state index in [-0.39, 0.29) is 16.4 Å². The monoisotopic (exact) mass is 486 g/mol. The molecule has 0 amide bonds. The van der Waals surface area contributed by atoms with Crippen LogP contribution in [-0.4, -0.2) is 77.6 Å². The standard InChI is InChI=1S/C25H30N2O6S/c1-31-22-18-21(11-12-24(28)32-2)19-23(25(22)33-3)34(29,30)27-16-14-26(15-17-27)13-7-10-20-8-5-4-6-9-20/h4-12,18-19H,13-17H2,1-3H3/b10-7+,12-11+. The van der Waals surface area contributed by atoms with E-state index in [9.17, 15) is 13.2 Å². The molecule has 1 fully saturated rings. The molecular weight excluding hydrogens is 456 g/mol. The lowest BCUT2D eigenvalue weighted by molar-refractivity contribution is -0.134. The minimum atomic E-state index is -3.86. The fourth-order valence-corrected chi connectivity index (χ4v) is 5.29. The van der Waals surface area contributed by atoms with Gasteiger partial charge in [-0.3, -0.25) is 4.90 Å². The predicted molar refractivity (Wildman–Crippen MR) is 131 cm³/mol. The van der Waals surface area contributed by atoms with Crippen LogP contribution in [0, 0.1) is 0 Å². The number of piperazine rings is 1. The van der Waals surface area contributed by atoms with E-state index in [0.717, 1.165) is 12.1 Å². The molecule has 3 rings (SSSR count). The highest BCUT2D eigenvalue weighted by Gasteiger charge is 2.32. The largest absolute Gasteiger partial charge is 0.493 e. The summed E-state index contributed by atoms with van der Waals surface area (Å²) in [5.41, 5.74) is 1.61. The van der Waals surface area contributed by atoms with Crippen LogP contribution in [0.4, 0.5) is 0 Å². The van der Waals surface area contributed by atoms with Gasteiger partial charge >= 0.3 is 5.97 Å². The molecule has 34 heavy (non-hydrogen) atoms. The van der Waals surface area contributed by atoms with Crippen molar-refractivity contribution >= 4 is 28.1 Å². The van der Waals surface area contributed by atoms with Crippen LogP contribution >= 0.6 is 0 Å². The summed E-state index contributed by atoms with van der Waals surface area (Å²) < 4.78 is 43.9. The number of ether oxygens (including phenoxy) is 3. The zero-order chi connectivity index (χ0) is 24.6. The normalized spacial score (nSPS) is 15.6. The Bertz CT molecular complexity index is 1140. The zero-order valence-electron chi connectivity index (χ0n) is 19.6. The molecule has 0 aromatic heterocycles. The Labute approximate surface area is 201 Å². The third kappa shape index (κ3) is 6.25. The van der Waals surface area contributed by atoms with Crippen LogP contribution in [0.5, 0.6) is 11.5 Å². The molecule has 0 unspecified atom stereocenters. The van der Waals surface area contributed by atoms with Crippen LogP contribution in [-0.2, 0) is 19.6 Å². The number of rotatable bonds is 9. The van der Waals surface area contributed by atoms with Crippen LogP contribution in [0.1, 0.15) is 11.1 Å². The minimum absolute atomic E-state index is 0.00344. The van der Waals surface area contributed by atoms with Crippen molar-refractivity contribution in [1.29, 1.82) is 0 Å². The number of benzene rings is 2. The lowest BCUT2D eigenvalue weighted by Crippen LogP contribution is -2.48. The topological polar surface area (TPSA) is 85.4 Å². The first-order valence-electron chi connectivity index (χ1n) is 10.8. The first-order valence-corrected chi connectivity index (χ1v) is 12.3. The van der Waals surface area contributed by atoms with E-state index in [1.807, 2.05) is 30.3 Å². The van der Waals surface area contributed by atoms with E-state index >= 15 is 0 Å². The van der Waals surface area contributed by atoms with Gasteiger partial charge in [0, 0.05) is 38.8 Å². The molecule has 0 spiro atoms. The second kappa shape index (κ2) is 11.8. The number of hydrogen-bond donors (Lipinski definition) is 0. The Balaban J connectivity index is 1.75. The SMILES string of the molecule is COC(=O)/C=C/c1cc(OC)c(OC)c(S(=O)(=O)N2CCN(C/C=C/c3ccccc3)CC2)c1. The van der Waals surface area contributed by atoms with Gasteiger partial charge < -0.3 is 14.2 Å². The fourth-order valence-electron chi connectivity index (χ4n) is 3.66. The lowest BCUT2D eigenvalue weighted by atomic mass is 10.2. The molecule has 0 bridgehead atoms. The van der Waals surface area contributed by atoms with Gasteiger partial charge in [-0.2, -0.15) is 4.31 Å². The van der Waals surface area contributed by atoms with Crippen LogP contribution in [0.15, 0.2) is 59.5 Å². The van der Waals surface area contributed by atoms with Gasteiger partial charge in [-0.05, 0) is 29.3 Å². The lowest BCUT2D eigenvalue weighted by Gasteiger charge is -2.33. The van der Waals surface area contributed by atoms with Crippen molar-refractivity contribution in [2.24, 2.45) is 0 Å². The molecule has 0 N–H and O–H groups in total. The molecule has 0 radical (unpaired) electrons. The number of sulfonamides is 1. The van der Waals surface area contributed by atoms with Crippen LogP contribution in [0.3, 0.4) is 0 Å². The van der Waals surface area contributed by atoms with Crippen molar-refractivity contribution in [3.05, 3.63) is 65.7 Å². The summed E-state index contributed by atoms with van der Waals surface area (Å²) in [4.78, 5) is 13.7. The molecular formula is C25H30N2O6S. The average molecular weight is 487 g/mol. The summed E-state index contributed by atoms with van der Waals surface area (Å²) in [6.07, 6.45) is 6.85. The highest BCUT2D eigenvalue weighted by atomic mass is 32.2. The van der Waals surface area contributed by atoms with Crippen molar-refractivity contribution in [1.82, 2.24) is 9.21 Å². The molecule has 0 atom stereocenters. The molecule has 1 saturated heterocycles. The van der Waals surface area contributed by atoms with E-state index in [4.69, 9.17) is 9.47 Å². The van der Waals surface area contributed by atoms with E-state index in [1.54, 1.807) is 6.07 Å². The van der Waals surface area contributed by atoms with Gasteiger partial charge in [0.15, 0.2) is 11.5 Å². The van der Waals surface area contributed by atoms with Gasteiger partial charge in [-0.25, -0.2) is 13.2 Å². The summed E-state index contributed by atoms with van der Waals surface area (Å²) in [6.45, 7) is 2.68. The second-order valence-corrected chi connectivity index (χ2v) is 9.54. The van der Waals surface area contributed by atoms with Crippen molar-refractivity contribution < 1.29 is 27.4 Å². The number of hydrogen-bond acceptors (Lipinski definition) is 7. The summed E-state index contributed by atoms with van der Waals surface area (Å²) >= 11 is 0. The second-order valence-electron chi connectivity index (χ2n) is 7.63. The van der Waals surface area contributed by atoms with Gasteiger partial charge in [-0.1, -0.05) is 42.5 Å². The Morgan fingerprint density at radius 2 is 1.65 bits per heavy atom. The van der Waals surface area contributed by atoms with Crippen molar-refractivity contribution in [3.8, 4) is 11.5 Å². The quantitative estimate of drug-likeness (QED) is 0.398. The smallest absolute Gasteiger partial charge is 0.330 e. The first kappa shape index (κ1) is 25.5. The molecule has 2 aromatic carbocycles. The molecule has 1 aliphatic rings. The maximum atomic E-state index is 13.5. The molecule has 0 aliphatic carbocycles. The van der Waals surface area contributed by atoms with E-state index in [0.29, 0.717) is 31.7 Å². The highest BCUT2D eigenvalue weighted by Crippen LogP contribution is 2.37. The van der Waals surface area contributed by atoms with E-state index < -0.39 is 16.0 Å². The Kier molecular flexibility index (Phi) is 8.86. The predicted octanol–water partition coefficient (Wildman–Crippen LogP) is 2.91. The summed E-state index contributed by atoms with van der Waals surface area (Å²) in [7, 11) is 0.250. The van der Waals surface area contributed by atoms with Gasteiger partial charge in [0.1, 0.15) is 4.90 Å². The first-order chi connectivity index (χ1) is 16.4. The van der Waals surface area contributed by atoms with Crippen molar-refractivity contribution in [3.63, 3.8) is 0 Å². The summed E-state index contributed by atoms with van der Waals surface area (Å²) in [6, 6.07) is 13.1. The molecule has 8 nitrogen and oxygen atoms in total. The third-order valence-corrected chi connectivity index (χ3v) is 7.41. The molecule has 0 saturated carbocycles. The van der Waals surface area contributed by atoms with Crippen molar-refractivity contribution in [2.45, 2.75) is 4.90 Å². The van der Waals surface area contributed by atoms with Crippen LogP contribution in [0.25, 0.3) is 12.2 Å². The van der Waals surface area contributed by atoms with Crippen LogP contribution in [0.2, 0.25) is 0 Å². The average Bonchev–Trinajstić information content (AvgIpc) is 2.87. The van der Waals surface area contributed by atoms with Gasteiger partial charge in [0.25, 0.3) is 0 Å². The molecule has 9 heteroatoms. The molecule has 2 aromatic rings. The molecule has 182 valence electrons. The zero-order valence-corrected chi connectivity index (χ0v) is 20.5. The van der Waals surface area contributed by atoms with Gasteiger partial charge in [-0.15, -0.1) is 0 Å².